The molecule has 2 N–H and O–H groups in total. The minimum atomic E-state index is -0.685. The highest BCUT2D eigenvalue weighted by Crippen LogP contribution is 2.30. The molecule has 0 aliphatic carbocycles. The first-order chi connectivity index (χ1) is 9.17. The Bertz CT molecular complexity index is 442. The molecule has 1 atom stereocenters. The molecule has 0 spiro atoms. The molecule has 1 saturated heterocycles. The fourth-order valence-corrected chi connectivity index (χ4v) is 2.58. The van der Waals surface area contributed by atoms with Crippen LogP contribution < -0.4 is 10.2 Å². The second-order valence-corrected chi connectivity index (χ2v) is 4.73. The largest absolute Gasteiger partial charge is 0.396 e. The van der Waals surface area contributed by atoms with Gasteiger partial charge in [0.2, 0.25) is 0 Å². The van der Waals surface area contributed by atoms with Crippen molar-refractivity contribution in [3.8, 4) is 0 Å². The Kier molecular flexibility index (Phi) is 4.52. The average molecular weight is 271 g/mol. The first-order valence-corrected chi connectivity index (χ1v) is 6.58. The van der Waals surface area contributed by atoms with Crippen LogP contribution in [0.25, 0.3) is 0 Å². The Hall–Kier alpha value is -1.43. The third-order valence-electron chi connectivity index (χ3n) is 3.49. The van der Waals surface area contributed by atoms with Crippen LogP contribution in [0.1, 0.15) is 25.7 Å². The molecule has 0 bridgehead atoms. The fourth-order valence-electron chi connectivity index (χ4n) is 2.58. The molecule has 1 fully saturated rings. The van der Waals surface area contributed by atoms with Gasteiger partial charge in [0.15, 0.2) is 23.3 Å². The highest BCUT2D eigenvalue weighted by atomic mass is 19.1. The molecule has 1 unspecified atom stereocenters. The van der Waals surface area contributed by atoms with Crippen molar-refractivity contribution in [2.75, 3.05) is 30.4 Å². The molecule has 6 heteroatoms. The molecule has 4 nitrogen and oxygen atoms in total. The predicted molar refractivity (Wildman–Crippen MR) is 70.4 cm³/mol. The van der Waals surface area contributed by atoms with Gasteiger partial charge in [0, 0.05) is 32.3 Å². The van der Waals surface area contributed by atoms with E-state index in [2.05, 4.69) is 10.3 Å². The Balaban J connectivity index is 2.24. The zero-order chi connectivity index (χ0) is 13.8. The van der Waals surface area contributed by atoms with Crippen molar-refractivity contribution in [3.63, 3.8) is 0 Å². The van der Waals surface area contributed by atoms with E-state index in [1.54, 1.807) is 7.05 Å². The van der Waals surface area contributed by atoms with Gasteiger partial charge < -0.3 is 15.3 Å². The molecule has 0 aromatic carbocycles. The van der Waals surface area contributed by atoms with E-state index < -0.39 is 11.6 Å². The molecule has 0 amide bonds. The van der Waals surface area contributed by atoms with Crippen molar-refractivity contribution >= 4 is 11.6 Å². The van der Waals surface area contributed by atoms with Crippen molar-refractivity contribution < 1.29 is 13.9 Å². The number of hydrogen-bond donors (Lipinski definition) is 2. The number of halogens is 2. The number of nitrogens with zero attached hydrogens (tertiary/aromatic N) is 2. The summed E-state index contributed by atoms with van der Waals surface area (Å²) in [6.07, 6.45) is 3.39. The van der Waals surface area contributed by atoms with E-state index in [-0.39, 0.29) is 24.3 Å². The summed E-state index contributed by atoms with van der Waals surface area (Å²) in [7, 11) is 1.56. The molecule has 106 valence electrons. The van der Waals surface area contributed by atoms with Gasteiger partial charge in [-0.1, -0.05) is 0 Å². The monoisotopic (exact) mass is 271 g/mol. The molecule has 0 radical (unpaired) electrons. The van der Waals surface area contributed by atoms with E-state index in [0.29, 0.717) is 6.42 Å². The number of aliphatic hydroxyl groups is 1. The summed E-state index contributed by atoms with van der Waals surface area (Å²) >= 11 is 0. The summed E-state index contributed by atoms with van der Waals surface area (Å²) in [5.74, 6) is -1.06. The Labute approximate surface area is 111 Å². The van der Waals surface area contributed by atoms with Crippen molar-refractivity contribution in [2.24, 2.45) is 0 Å². The zero-order valence-electron chi connectivity index (χ0n) is 11.0. The first-order valence-electron chi connectivity index (χ1n) is 6.58. The van der Waals surface area contributed by atoms with E-state index in [1.165, 1.54) is 0 Å². The van der Waals surface area contributed by atoms with Crippen LogP contribution >= 0.6 is 0 Å². The minimum Gasteiger partial charge on any atom is -0.396 e. The highest BCUT2D eigenvalue weighted by molar-refractivity contribution is 5.50. The van der Waals surface area contributed by atoms with Crippen LogP contribution in [-0.2, 0) is 0 Å². The molecule has 1 aliphatic heterocycles. The maximum absolute atomic E-state index is 13.9. The van der Waals surface area contributed by atoms with Gasteiger partial charge in [-0.3, -0.25) is 0 Å². The van der Waals surface area contributed by atoms with Gasteiger partial charge >= 0.3 is 0 Å². The molecule has 2 rings (SSSR count). The van der Waals surface area contributed by atoms with E-state index in [1.807, 2.05) is 4.90 Å². The Morgan fingerprint density at radius 2 is 2.26 bits per heavy atom. The summed E-state index contributed by atoms with van der Waals surface area (Å²) in [5.41, 5.74) is 0. The lowest BCUT2D eigenvalue weighted by atomic mass is 10.1. The molecule has 2 heterocycles. The van der Waals surface area contributed by atoms with Crippen LogP contribution in [0.15, 0.2) is 6.07 Å². The smallest absolute Gasteiger partial charge is 0.168 e. The molecule has 0 saturated carbocycles. The quantitative estimate of drug-likeness (QED) is 0.861. The molecule has 19 heavy (non-hydrogen) atoms. The molecule has 1 aromatic rings. The van der Waals surface area contributed by atoms with Gasteiger partial charge in [0.05, 0.1) is 0 Å². The van der Waals surface area contributed by atoms with Gasteiger partial charge in [-0.05, 0) is 25.7 Å². The standard InChI is InChI=1S/C13H19F2N3O/c1-16-12-10(14)8-11(15)13(17-12)18-6-2-4-9(18)5-3-7-19/h8-9,19H,2-7H2,1H3,(H,16,17). The number of hydrogen-bond acceptors (Lipinski definition) is 4. The molecular weight excluding hydrogens is 252 g/mol. The van der Waals surface area contributed by atoms with Gasteiger partial charge in [0.25, 0.3) is 0 Å². The van der Waals surface area contributed by atoms with Crippen molar-refractivity contribution in [3.05, 3.63) is 17.7 Å². The van der Waals surface area contributed by atoms with E-state index in [0.717, 1.165) is 31.9 Å². The third-order valence-corrected chi connectivity index (χ3v) is 3.49. The minimum absolute atomic E-state index is 0.0595. The summed E-state index contributed by atoms with van der Waals surface area (Å²) < 4.78 is 27.3. The molecule has 1 aromatic heterocycles. The lowest BCUT2D eigenvalue weighted by Crippen LogP contribution is -2.31. The van der Waals surface area contributed by atoms with Crippen LogP contribution in [0.2, 0.25) is 0 Å². The van der Waals surface area contributed by atoms with Crippen LogP contribution in [0.4, 0.5) is 20.4 Å². The molecular formula is C13H19F2N3O. The van der Waals surface area contributed by atoms with Gasteiger partial charge in [-0.25, -0.2) is 13.8 Å². The molecule has 1 aliphatic rings. The van der Waals surface area contributed by atoms with Gasteiger partial charge in [-0.2, -0.15) is 0 Å². The lowest BCUT2D eigenvalue weighted by molar-refractivity contribution is 0.279. The summed E-state index contributed by atoms with van der Waals surface area (Å²) in [5, 5.41) is 11.5. The van der Waals surface area contributed by atoms with E-state index in [4.69, 9.17) is 5.11 Å². The SMILES string of the molecule is CNc1nc(N2CCCC2CCCO)c(F)cc1F. The maximum atomic E-state index is 13.9. The number of rotatable bonds is 5. The van der Waals surface area contributed by atoms with Crippen LogP contribution in [0.3, 0.4) is 0 Å². The summed E-state index contributed by atoms with van der Waals surface area (Å²) in [6, 6.07) is 1.04. The number of nitrogens with one attached hydrogen (secondary N) is 1. The number of aliphatic hydroxyl groups excluding tert-OH is 1. The summed E-state index contributed by atoms with van der Waals surface area (Å²) in [6.45, 7) is 0.847. The summed E-state index contributed by atoms with van der Waals surface area (Å²) in [4.78, 5) is 5.91. The first kappa shape index (κ1) is 14.0. The van der Waals surface area contributed by atoms with Crippen LogP contribution in [-0.4, -0.2) is 36.3 Å². The van der Waals surface area contributed by atoms with Crippen LogP contribution in [0, 0.1) is 11.6 Å². The third kappa shape index (κ3) is 2.94. The lowest BCUT2D eigenvalue weighted by Gasteiger charge is -2.26. The second kappa shape index (κ2) is 6.14. The van der Waals surface area contributed by atoms with Crippen LogP contribution in [0.5, 0.6) is 0 Å². The van der Waals surface area contributed by atoms with Crippen molar-refractivity contribution in [2.45, 2.75) is 31.7 Å². The van der Waals surface area contributed by atoms with Crippen molar-refractivity contribution in [1.29, 1.82) is 0 Å². The highest BCUT2D eigenvalue weighted by Gasteiger charge is 2.28. The fraction of sp³-hybridized carbons (Fsp3) is 0.615. The zero-order valence-corrected chi connectivity index (χ0v) is 11.0. The Morgan fingerprint density at radius 1 is 1.47 bits per heavy atom. The van der Waals surface area contributed by atoms with E-state index >= 15 is 0 Å². The predicted octanol–water partition coefficient (Wildman–Crippen LogP) is 2.14. The van der Waals surface area contributed by atoms with Gasteiger partial charge in [-0.15, -0.1) is 0 Å². The van der Waals surface area contributed by atoms with E-state index in [9.17, 15) is 8.78 Å². The number of pyridine rings is 1. The van der Waals surface area contributed by atoms with Gasteiger partial charge in [0.1, 0.15) is 0 Å². The number of anilines is 2. The maximum Gasteiger partial charge on any atom is 0.168 e. The normalized spacial score (nSPS) is 18.9. The topological polar surface area (TPSA) is 48.4 Å². The average Bonchev–Trinajstić information content (AvgIpc) is 2.84. The Morgan fingerprint density at radius 3 is 2.95 bits per heavy atom. The number of aromatic nitrogens is 1. The second-order valence-electron chi connectivity index (χ2n) is 4.73. The van der Waals surface area contributed by atoms with Crippen molar-refractivity contribution in [1.82, 2.24) is 4.98 Å².